The van der Waals surface area contributed by atoms with Crippen molar-refractivity contribution in [3.05, 3.63) is 58.7 Å². The predicted molar refractivity (Wildman–Crippen MR) is 172 cm³/mol. The maximum atomic E-state index is 12.7. The summed E-state index contributed by atoms with van der Waals surface area (Å²) in [6.07, 6.45) is -0.851. The van der Waals surface area contributed by atoms with Crippen molar-refractivity contribution in [3.63, 3.8) is 0 Å². The molecule has 0 aliphatic carbocycles. The molecule has 0 bridgehead atoms. The number of carbonyl (C=O) groups is 4. The van der Waals surface area contributed by atoms with Crippen LogP contribution in [0.2, 0.25) is 0 Å². The highest BCUT2D eigenvalue weighted by Gasteiger charge is 2.48. The van der Waals surface area contributed by atoms with E-state index in [1.54, 1.807) is 12.1 Å². The zero-order valence-corrected chi connectivity index (χ0v) is 29.3. The number of carbonyl (C=O) groups excluding carboxylic acids is 2. The molecule has 15 nitrogen and oxygen atoms in total. The Labute approximate surface area is 297 Å². The van der Waals surface area contributed by atoms with Crippen LogP contribution in [0.25, 0.3) is 0 Å². The molecule has 2 fully saturated rings. The van der Waals surface area contributed by atoms with E-state index >= 15 is 0 Å². The molecule has 0 aromatic heterocycles. The molecule has 0 spiro atoms. The maximum Gasteiger partial charge on any atom is 0.534 e. The fraction of sp³-hybridized carbons (Fsp3) is 0.485. The van der Waals surface area contributed by atoms with Crippen LogP contribution in [-0.4, -0.2) is 86.1 Å². The third kappa shape index (κ3) is 14.7. The van der Waals surface area contributed by atoms with Gasteiger partial charge in [0, 0.05) is 52.5 Å². The van der Waals surface area contributed by atoms with Gasteiger partial charge < -0.3 is 38.1 Å². The molecule has 52 heavy (non-hydrogen) atoms. The smallest absolute Gasteiger partial charge is 0.487 e. The summed E-state index contributed by atoms with van der Waals surface area (Å²) in [7, 11) is -5.83. The second kappa shape index (κ2) is 19.6. The molecule has 0 radical (unpaired) electrons. The van der Waals surface area contributed by atoms with E-state index in [2.05, 4.69) is 10.3 Å². The van der Waals surface area contributed by atoms with E-state index in [-0.39, 0.29) is 37.5 Å². The molecule has 2 aromatic rings. The van der Waals surface area contributed by atoms with E-state index in [9.17, 15) is 36.4 Å². The van der Waals surface area contributed by atoms with Crippen molar-refractivity contribution in [1.82, 2.24) is 0 Å². The van der Waals surface area contributed by atoms with E-state index < -0.39 is 63.6 Å². The van der Waals surface area contributed by atoms with E-state index in [4.69, 9.17) is 43.5 Å². The molecule has 4 unspecified atom stereocenters. The number of carboxylic acid groups (broad SMARTS) is 2. The number of esters is 2. The number of aliphatic carboxylic acids is 2. The first-order valence-electron chi connectivity index (χ1n) is 15.5. The zero-order valence-electron chi connectivity index (χ0n) is 28.5. The predicted octanol–water partition coefficient (Wildman–Crippen LogP) is 4.44. The fourth-order valence-corrected chi connectivity index (χ4v) is 5.37. The third-order valence-electron chi connectivity index (χ3n) is 6.86. The first-order valence-corrected chi connectivity index (χ1v) is 16.9. The molecule has 2 heterocycles. The van der Waals surface area contributed by atoms with Gasteiger partial charge in [-0.15, -0.1) is 0 Å². The number of ether oxygens (including phenoxy) is 5. The summed E-state index contributed by atoms with van der Waals surface area (Å²) in [5.41, 5.74) is -3.72. The van der Waals surface area contributed by atoms with Gasteiger partial charge in [0.05, 0.1) is 37.1 Å². The summed E-state index contributed by atoms with van der Waals surface area (Å²) < 4.78 is 93.5. The molecule has 2 aliphatic rings. The normalized spacial score (nSPS) is 19.7. The standard InChI is InChI=1S/C29H30F3NO10S.2C2H4O2/c1-17(34)39-16-25-12-24(40-18(2)35)13-28(42-25)26-10-20(21(14-33)11-27(26)41-23-7-8-38-15-23)9-19-3-5-22(6-4-19)43-44(36,37)29(30,31)32;2*1-2(3)4/h3-6,10-11,23-25,28H,7-9,12-13,15-16H2,1-2H3;2*1H3,(H,3,4). The SMILES string of the molecule is CC(=O)O.CC(=O)O.CC(=O)OCC1CC(OC(C)=O)CC(c2cc(Cc3ccc(OS(=O)(=O)C(F)(F)F)cc3)c(C#N)cc2OC2CCOC2)O1. The van der Waals surface area contributed by atoms with Crippen molar-refractivity contribution in [2.75, 3.05) is 19.8 Å². The molecule has 0 saturated carbocycles. The number of benzene rings is 2. The highest BCUT2D eigenvalue weighted by molar-refractivity contribution is 7.88. The Bertz CT molecular complexity index is 1680. The molecule has 4 atom stereocenters. The van der Waals surface area contributed by atoms with Gasteiger partial charge in [0.15, 0.2) is 0 Å². The van der Waals surface area contributed by atoms with Crippen molar-refractivity contribution >= 4 is 34.0 Å². The van der Waals surface area contributed by atoms with Crippen molar-refractivity contribution in [3.8, 4) is 17.6 Å². The Morgan fingerprint density at radius 2 is 1.58 bits per heavy atom. The lowest BCUT2D eigenvalue weighted by molar-refractivity contribution is -0.169. The zero-order chi connectivity index (χ0) is 39.2. The monoisotopic (exact) mass is 761 g/mol. The van der Waals surface area contributed by atoms with Gasteiger partial charge in [0.25, 0.3) is 11.9 Å². The summed E-state index contributed by atoms with van der Waals surface area (Å²) in [5.74, 6) is -2.82. The van der Waals surface area contributed by atoms with Gasteiger partial charge in [0.2, 0.25) is 0 Å². The fourth-order valence-electron chi connectivity index (χ4n) is 4.91. The van der Waals surface area contributed by atoms with Crippen LogP contribution in [0.3, 0.4) is 0 Å². The van der Waals surface area contributed by atoms with Gasteiger partial charge in [-0.05, 0) is 41.8 Å². The molecule has 2 saturated heterocycles. The highest BCUT2D eigenvalue weighted by Crippen LogP contribution is 2.40. The second-order valence-corrected chi connectivity index (χ2v) is 12.9. The molecule has 2 aliphatic heterocycles. The van der Waals surface area contributed by atoms with Gasteiger partial charge >= 0.3 is 27.6 Å². The Morgan fingerprint density at radius 3 is 2.08 bits per heavy atom. The molecule has 2 aromatic carbocycles. The van der Waals surface area contributed by atoms with Gasteiger partial charge in [-0.1, -0.05) is 12.1 Å². The minimum Gasteiger partial charge on any atom is -0.487 e. The number of hydrogen-bond donors (Lipinski definition) is 2. The summed E-state index contributed by atoms with van der Waals surface area (Å²) >= 11 is 0. The summed E-state index contributed by atoms with van der Waals surface area (Å²) in [5, 5.41) is 24.8. The number of rotatable bonds is 10. The van der Waals surface area contributed by atoms with E-state index in [1.807, 2.05) is 0 Å². The second-order valence-electron chi connectivity index (χ2n) is 11.4. The molecule has 4 rings (SSSR count). The lowest BCUT2D eigenvalue weighted by Gasteiger charge is -2.36. The van der Waals surface area contributed by atoms with Crippen LogP contribution < -0.4 is 8.92 Å². The van der Waals surface area contributed by atoms with Gasteiger partial charge in [-0.2, -0.15) is 26.9 Å². The quantitative estimate of drug-likeness (QED) is 0.194. The van der Waals surface area contributed by atoms with Crippen molar-refractivity contribution in [2.45, 2.75) is 83.3 Å². The Balaban J connectivity index is 0.00000106. The topological polar surface area (TPSA) is 222 Å². The molecular formula is C33H38F3NO14S. The average molecular weight is 762 g/mol. The summed E-state index contributed by atoms with van der Waals surface area (Å²) in [4.78, 5) is 41.2. The largest absolute Gasteiger partial charge is 0.534 e. The molecule has 286 valence electrons. The van der Waals surface area contributed by atoms with Gasteiger partial charge in [-0.3, -0.25) is 19.2 Å². The molecule has 2 N–H and O–H groups in total. The summed E-state index contributed by atoms with van der Waals surface area (Å²) in [6.45, 7) is 5.50. The number of hydrogen-bond acceptors (Lipinski definition) is 13. The van der Waals surface area contributed by atoms with Crippen LogP contribution in [-0.2, 0) is 54.7 Å². The van der Waals surface area contributed by atoms with Gasteiger partial charge in [0.1, 0.15) is 30.3 Å². The molecule has 0 amide bonds. The van der Waals surface area contributed by atoms with E-state index in [1.165, 1.54) is 26.0 Å². The average Bonchev–Trinajstić information content (AvgIpc) is 3.53. The Morgan fingerprint density at radius 1 is 0.962 bits per heavy atom. The van der Waals surface area contributed by atoms with Crippen molar-refractivity contribution in [2.24, 2.45) is 0 Å². The lowest BCUT2D eigenvalue weighted by atomic mass is 9.91. The first-order chi connectivity index (χ1) is 24.2. The van der Waals surface area contributed by atoms with Crippen LogP contribution in [0.15, 0.2) is 36.4 Å². The number of nitrogens with zero attached hydrogens (tertiary/aromatic N) is 1. The summed E-state index contributed by atoms with van der Waals surface area (Å²) in [6, 6.07) is 10.3. The molecule has 19 heteroatoms. The van der Waals surface area contributed by atoms with Crippen molar-refractivity contribution in [1.29, 1.82) is 5.26 Å². The van der Waals surface area contributed by atoms with Crippen molar-refractivity contribution < 1.29 is 78.8 Å². The highest BCUT2D eigenvalue weighted by atomic mass is 32.2. The van der Waals surface area contributed by atoms with E-state index in [0.717, 1.165) is 26.0 Å². The Kier molecular flexibility index (Phi) is 16.3. The van der Waals surface area contributed by atoms with Crippen LogP contribution in [0.1, 0.15) is 75.3 Å². The van der Waals surface area contributed by atoms with Crippen LogP contribution in [0.5, 0.6) is 11.5 Å². The number of nitriles is 1. The van der Waals surface area contributed by atoms with E-state index in [0.29, 0.717) is 42.1 Å². The van der Waals surface area contributed by atoms with Crippen LogP contribution in [0.4, 0.5) is 13.2 Å². The molecular weight excluding hydrogens is 723 g/mol. The van der Waals surface area contributed by atoms with Crippen LogP contribution in [0, 0.1) is 11.3 Å². The lowest BCUT2D eigenvalue weighted by Crippen LogP contribution is -2.37. The first kappa shape index (κ1) is 43.2. The number of carboxylic acids is 2. The third-order valence-corrected chi connectivity index (χ3v) is 7.84. The Hall–Kier alpha value is -4.93. The maximum absolute atomic E-state index is 12.7. The number of halogens is 3. The van der Waals surface area contributed by atoms with Gasteiger partial charge in [-0.25, -0.2) is 0 Å². The number of alkyl halides is 3. The minimum atomic E-state index is -5.83. The van der Waals surface area contributed by atoms with Crippen LogP contribution >= 0.6 is 0 Å². The minimum absolute atomic E-state index is 0.0716.